The van der Waals surface area contributed by atoms with Crippen LogP contribution in [0.3, 0.4) is 0 Å². The monoisotopic (exact) mass is 409 g/mol. The molecule has 1 aromatic carbocycles. The number of unbranched alkanes of at least 4 members (excludes halogenated alkanes) is 4. The second-order valence-electron chi connectivity index (χ2n) is 5.55. The van der Waals surface area contributed by atoms with Crippen molar-refractivity contribution in [2.45, 2.75) is 37.0 Å². The largest absolute Gasteiger partial charge is 0.372 e. The third kappa shape index (κ3) is 11.0. The molecule has 0 saturated heterocycles. The van der Waals surface area contributed by atoms with Gasteiger partial charge in [-0.3, -0.25) is 14.5 Å². The van der Waals surface area contributed by atoms with Crippen LogP contribution in [0.5, 0.6) is 0 Å². The minimum absolute atomic E-state index is 0.00389. The number of benzene rings is 1. The second-order valence-corrected chi connectivity index (χ2v) is 10.2. The van der Waals surface area contributed by atoms with E-state index in [1.54, 1.807) is 0 Å². The van der Waals surface area contributed by atoms with E-state index in [4.69, 9.17) is 19.7 Å². The second kappa shape index (κ2) is 11.3. The summed E-state index contributed by atoms with van der Waals surface area (Å²) in [6.45, 7) is -0.00389. The average molecular weight is 409 g/mol. The van der Waals surface area contributed by atoms with Crippen molar-refractivity contribution in [2.75, 3.05) is 18.5 Å². The first-order valence-corrected chi connectivity index (χ1v) is 12.3. The molecule has 25 heavy (non-hydrogen) atoms. The lowest BCUT2D eigenvalue weighted by atomic mass is 10.2. The summed E-state index contributed by atoms with van der Waals surface area (Å²) >= 11 is 1.82. The molecule has 7 nitrogen and oxygen atoms in total. The van der Waals surface area contributed by atoms with Gasteiger partial charge in [-0.05, 0) is 30.7 Å². The van der Waals surface area contributed by atoms with Crippen LogP contribution in [0.15, 0.2) is 35.2 Å². The summed E-state index contributed by atoms with van der Waals surface area (Å²) in [5, 5.41) is 7.28. The van der Waals surface area contributed by atoms with Crippen molar-refractivity contribution in [1.29, 1.82) is 5.41 Å². The first-order chi connectivity index (χ1) is 11.7. The number of hydrogen-bond donors (Lipinski definition) is 4. The Morgan fingerprint density at radius 2 is 1.60 bits per heavy atom. The summed E-state index contributed by atoms with van der Waals surface area (Å²) in [6, 6.07) is 10.2. The van der Waals surface area contributed by atoms with E-state index in [9.17, 15) is 14.0 Å². The maximum atomic E-state index is 11.7. The zero-order valence-electron chi connectivity index (χ0n) is 13.9. The standard InChI is InChI=1S/C15H25NO6P2S/c16-15(13-23(17,18)19)24(20,21)22-11-7-2-1-3-8-12-25-14-9-5-4-6-10-14/h4-6,9-10,16H,1-3,7-8,11-13H2,(H,20,21)(H2,17,18,19). The Labute approximate surface area is 152 Å². The summed E-state index contributed by atoms with van der Waals surface area (Å²) in [5.41, 5.74) is -0.946. The molecule has 0 fully saturated rings. The molecule has 0 aromatic heterocycles. The molecule has 1 aromatic rings. The summed E-state index contributed by atoms with van der Waals surface area (Å²) < 4.78 is 27.2. The van der Waals surface area contributed by atoms with Crippen LogP contribution in [0.1, 0.15) is 32.1 Å². The number of thioether (sulfide) groups is 1. The molecule has 142 valence electrons. The number of hydrogen-bond acceptors (Lipinski definition) is 5. The van der Waals surface area contributed by atoms with Crippen LogP contribution in [-0.4, -0.2) is 38.7 Å². The van der Waals surface area contributed by atoms with Crippen molar-refractivity contribution in [1.82, 2.24) is 0 Å². The third-order valence-electron chi connectivity index (χ3n) is 3.26. The molecule has 0 heterocycles. The first kappa shape index (κ1) is 22.6. The van der Waals surface area contributed by atoms with Gasteiger partial charge in [0.25, 0.3) is 0 Å². The van der Waals surface area contributed by atoms with E-state index in [0.717, 1.165) is 31.4 Å². The molecular weight excluding hydrogens is 384 g/mol. The molecule has 0 aliphatic rings. The molecule has 0 radical (unpaired) electrons. The number of nitrogens with one attached hydrogen (secondary N) is 1. The Morgan fingerprint density at radius 3 is 2.24 bits per heavy atom. The van der Waals surface area contributed by atoms with Crippen LogP contribution in [0.25, 0.3) is 0 Å². The lowest BCUT2D eigenvalue weighted by molar-refractivity contribution is 0.263. The fourth-order valence-electron chi connectivity index (χ4n) is 1.99. The van der Waals surface area contributed by atoms with Gasteiger partial charge in [0.1, 0.15) is 5.45 Å². The van der Waals surface area contributed by atoms with Crippen LogP contribution < -0.4 is 0 Å². The Hall–Kier alpha value is -0.460. The summed E-state index contributed by atoms with van der Waals surface area (Å²) in [6.07, 6.45) is 3.48. The van der Waals surface area contributed by atoms with Gasteiger partial charge in [0.15, 0.2) is 0 Å². The molecular formula is C15H25NO6P2S. The molecule has 0 aliphatic carbocycles. The summed E-state index contributed by atoms with van der Waals surface area (Å²) in [5.74, 6) is 1.05. The van der Waals surface area contributed by atoms with Crippen molar-refractivity contribution < 1.29 is 28.3 Å². The van der Waals surface area contributed by atoms with Gasteiger partial charge in [-0.25, -0.2) is 0 Å². The SMILES string of the molecule is N=C(CP(=O)(O)O)P(=O)(O)OCCCCCCCSc1ccccc1. The molecule has 0 saturated carbocycles. The van der Waals surface area contributed by atoms with E-state index in [0.29, 0.717) is 6.42 Å². The summed E-state index contributed by atoms with van der Waals surface area (Å²) in [7, 11) is -8.93. The van der Waals surface area contributed by atoms with Crippen LogP contribution in [0.4, 0.5) is 0 Å². The van der Waals surface area contributed by atoms with Crippen molar-refractivity contribution >= 4 is 32.4 Å². The Bertz CT molecular complexity index is 622. The van der Waals surface area contributed by atoms with Crippen molar-refractivity contribution in [3.05, 3.63) is 30.3 Å². The molecule has 10 heteroatoms. The van der Waals surface area contributed by atoms with Gasteiger partial charge in [-0.1, -0.05) is 37.5 Å². The highest BCUT2D eigenvalue weighted by atomic mass is 32.2. The van der Waals surface area contributed by atoms with Crippen LogP contribution in [0, 0.1) is 5.41 Å². The Kier molecular flexibility index (Phi) is 10.2. The fraction of sp³-hybridized carbons (Fsp3) is 0.533. The van der Waals surface area contributed by atoms with Crippen LogP contribution >= 0.6 is 27.0 Å². The average Bonchev–Trinajstić information content (AvgIpc) is 2.52. The quantitative estimate of drug-likeness (QED) is 0.167. The van der Waals surface area contributed by atoms with Gasteiger partial charge in [-0.15, -0.1) is 11.8 Å². The molecule has 0 spiro atoms. The van der Waals surface area contributed by atoms with E-state index in [-0.39, 0.29) is 6.61 Å². The van der Waals surface area contributed by atoms with Crippen molar-refractivity contribution in [3.8, 4) is 0 Å². The van der Waals surface area contributed by atoms with Gasteiger partial charge in [0.05, 0.1) is 12.8 Å². The smallest absolute Gasteiger partial charge is 0.324 e. The minimum Gasteiger partial charge on any atom is -0.324 e. The minimum atomic E-state index is -4.54. The van der Waals surface area contributed by atoms with Crippen LogP contribution in [-0.2, 0) is 13.7 Å². The molecule has 1 rings (SSSR count). The zero-order valence-corrected chi connectivity index (χ0v) is 16.5. The molecule has 0 bridgehead atoms. The maximum Gasteiger partial charge on any atom is 0.372 e. The maximum absolute atomic E-state index is 11.7. The zero-order chi connectivity index (χ0) is 18.8. The molecule has 1 atom stereocenters. The van der Waals surface area contributed by atoms with E-state index in [1.807, 2.05) is 30.0 Å². The van der Waals surface area contributed by atoms with E-state index in [1.165, 1.54) is 4.90 Å². The van der Waals surface area contributed by atoms with Gasteiger partial charge < -0.3 is 19.2 Å². The van der Waals surface area contributed by atoms with Crippen LogP contribution in [0.2, 0.25) is 0 Å². The predicted octanol–water partition coefficient (Wildman–Crippen LogP) is 4.09. The summed E-state index contributed by atoms with van der Waals surface area (Å²) in [4.78, 5) is 28.2. The third-order valence-corrected chi connectivity index (χ3v) is 6.71. The molecule has 4 N–H and O–H groups in total. The fourth-order valence-corrected chi connectivity index (χ4v) is 5.12. The van der Waals surface area contributed by atoms with E-state index < -0.39 is 26.8 Å². The van der Waals surface area contributed by atoms with Crippen molar-refractivity contribution in [3.63, 3.8) is 0 Å². The van der Waals surface area contributed by atoms with Crippen molar-refractivity contribution in [2.24, 2.45) is 0 Å². The van der Waals surface area contributed by atoms with Gasteiger partial charge in [-0.2, -0.15) is 0 Å². The highest BCUT2D eigenvalue weighted by Crippen LogP contribution is 2.48. The van der Waals surface area contributed by atoms with Gasteiger partial charge in [0, 0.05) is 4.90 Å². The number of rotatable bonds is 13. The first-order valence-electron chi connectivity index (χ1n) is 7.98. The highest BCUT2D eigenvalue weighted by Gasteiger charge is 2.31. The normalized spacial score (nSPS) is 14.2. The van der Waals surface area contributed by atoms with Gasteiger partial charge in [0.2, 0.25) is 0 Å². The lowest BCUT2D eigenvalue weighted by Crippen LogP contribution is -2.08. The highest BCUT2D eigenvalue weighted by molar-refractivity contribution is 7.99. The Morgan fingerprint density at radius 1 is 1.00 bits per heavy atom. The molecule has 0 amide bonds. The van der Waals surface area contributed by atoms with E-state index in [2.05, 4.69) is 12.1 Å². The Balaban J connectivity index is 2.05. The molecule has 0 aliphatic heterocycles. The predicted molar refractivity (Wildman–Crippen MR) is 101 cm³/mol. The molecule has 1 unspecified atom stereocenters. The topological polar surface area (TPSA) is 128 Å². The van der Waals surface area contributed by atoms with Gasteiger partial charge >= 0.3 is 15.2 Å². The van der Waals surface area contributed by atoms with E-state index >= 15 is 0 Å². The lowest BCUT2D eigenvalue weighted by Gasteiger charge is -2.13.